The molecule has 2 nitrogen and oxygen atoms in total. The molecule has 20 heavy (non-hydrogen) atoms. The Morgan fingerprint density at radius 1 is 1.00 bits per heavy atom. The third-order valence-electron chi connectivity index (χ3n) is 3.78. The van der Waals surface area contributed by atoms with Crippen molar-refractivity contribution in [3.63, 3.8) is 0 Å². The van der Waals surface area contributed by atoms with Crippen LogP contribution >= 0.6 is 0 Å². The van der Waals surface area contributed by atoms with Crippen LogP contribution in [-0.2, 0) is 4.79 Å². The number of hydrogen-bond acceptors (Lipinski definition) is 1. The summed E-state index contributed by atoms with van der Waals surface area (Å²) in [5.74, 6) is 0.408. The van der Waals surface area contributed by atoms with Gasteiger partial charge in [-0.25, -0.2) is 0 Å². The minimum Gasteiger partial charge on any atom is -0.345 e. The summed E-state index contributed by atoms with van der Waals surface area (Å²) in [4.78, 5) is 12.1. The van der Waals surface area contributed by atoms with Crippen molar-refractivity contribution in [2.24, 2.45) is 5.92 Å². The minimum atomic E-state index is -0.0510. The zero-order chi connectivity index (χ0) is 13.9. The van der Waals surface area contributed by atoms with Gasteiger partial charge in [0.15, 0.2) is 0 Å². The standard InChI is InChI=1S/C18H19NO/c1-13-7-9-15(10-8-13)17(14-5-3-2-4-6-14)19-18(20)16-11-12-16/h2-10,16-17H,11-12H2,1H3,(H,19,20)/t17-/m1/s1. The zero-order valence-corrected chi connectivity index (χ0v) is 11.7. The summed E-state index contributed by atoms with van der Waals surface area (Å²) in [6.45, 7) is 2.07. The number of amides is 1. The molecule has 1 aliphatic carbocycles. The Morgan fingerprint density at radius 2 is 1.60 bits per heavy atom. The highest BCUT2D eigenvalue weighted by atomic mass is 16.2. The van der Waals surface area contributed by atoms with Gasteiger partial charge < -0.3 is 5.32 Å². The van der Waals surface area contributed by atoms with Gasteiger partial charge in [-0.15, -0.1) is 0 Å². The molecular formula is C18H19NO. The first-order valence-corrected chi connectivity index (χ1v) is 7.16. The molecule has 2 heteroatoms. The summed E-state index contributed by atoms with van der Waals surface area (Å²) in [7, 11) is 0. The number of carbonyl (C=O) groups excluding carboxylic acids is 1. The van der Waals surface area contributed by atoms with Crippen molar-refractivity contribution in [2.45, 2.75) is 25.8 Å². The van der Waals surface area contributed by atoms with Crippen LogP contribution in [0.2, 0.25) is 0 Å². The molecule has 0 spiro atoms. The average molecular weight is 265 g/mol. The van der Waals surface area contributed by atoms with Gasteiger partial charge in [-0.2, -0.15) is 0 Å². The minimum absolute atomic E-state index is 0.0510. The molecule has 0 heterocycles. The van der Waals surface area contributed by atoms with E-state index in [1.54, 1.807) is 0 Å². The molecule has 1 aliphatic rings. The van der Waals surface area contributed by atoms with Crippen molar-refractivity contribution in [1.82, 2.24) is 5.32 Å². The lowest BCUT2D eigenvalue weighted by Gasteiger charge is -2.20. The number of carbonyl (C=O) groups is 1. The first-order chi connectivity index (χ1) is 9.74. The van der Waals surface area contributed by atoms with Crippen LogP contribution < -0.4 is 5.32 Å². The van der Waals surface area contributed by atoms with Crippen LogP contribution in [0, 0.1) is 12.8 Å². The Bertz CT molecular complexity index is 585. The molecule has 102 valence electrons. The molecule has 2 aromatic rings. The molecule has 1 fully saturated rings. The number of nitrogens with one attached hydrogen (secondary N) is 1. The van der Waals surface area contributed by atoms with Crippen LogP contribution in [-0.4, -0.2) is 5.91 Å². The van der Waals surface area contributed by atoms with Gasteiger partial charge in [0.2, 0.25) is 5.91 Å². The summed E-state index contributed by atoms with van der Waals surface area (Å²) in [5, 5.41) is 3.19. The van der Waals surface area contributed by atoms with Crippen LogP contribution in [0.4, 0.5) is 0 Å². The molecule has 2 aromatic carbocycles. The predicted molar refractivity (Wildman–Crippen MR) is 80.3 cm³/mol. The van der Waals surface area contributed by atoms with Crippen LogP contribution in [0.15, 0.2) is 54.6 Å². The van der Waals surface area contributed by atoms with E-state index < -0.39 is 0 Å². The number of hydrogen-bond donors (Lipinski definition) is 1. The second-order valence-corrected chi connectivity index (χ2v) is 5.54. The maximum Gasteiger partial charge on any atom is 0.223 e. The zero-order valence-electron chi connectivity index (χ0n) is 11.7. The molecule has 0 bridgehead atoms. The van der Waals surface area contributed by atoms with Crippen LogP contribution in [0.3, 0.4) is 0 Å². The average Bonchev–Trinajstić information content (AvgIpc) is 3.31. The summed E-state index contributed by atoms with van der Waals surface area (Å²) in [6.07, 6.45) is 2.06. The topological polar surface area (TPSA) is 29.1 Å². The van der Waals surface area contributed by atoms with Crippen LogP contribution in [0.5, 0.6) is 0 Å². The van der Waals surface area contributed by atoms with E-state index in [4.69, 9.17) is 0 Å². The van der Waals surface area contributed by atoms with Gasteiger partial charge in [0, 0.05) is 5.92 Å². The highest BCUT2D eigenvalue weighted by molar-refractivity contribution is 5.81. The number of rotatable bonds is 4. The van der Waals surface area contributed by atoms with E-state index in [0.717, 1.165) is 24.0 Å². The number of aryl methyl sites for hydroxylation is 1. The third-order valence-corrected chi connectivity index (χ3v) is 3.78. The van der Waals surface area contributed by atoms with Crippen molar-refractivity contribution in [1.29, 1.82) is 0 Å². The Morgan fingerprint density at radius 3 is 2.20 bits per heavy atom. The van der Waals surface area contributed by atoms with Crippen molar-refractivity contribution >= 4 is 5.91 Å². The van der Waals surface area contributed by atoms with E-state index >= 15 is 0 Å². The molecule has 1 saturated carbocycles. The van der Waals surface area contributed by atoms with Crippen LogP contribution in [0.1, 0.15) is 35.6 Å². The van der Waals surface area contributed by atoms with Crippen molar-refractivity contribution in [3.05, 3.63) is 71.3 Å². The molecule has 0 aromatic heterocycles. The molecule has 3 rings (SSSR count). The Labute approximate surface area is 119 Å². The second kappa shape index (κ2) is 5.49. The molecule has 1 atom stereocenters. The van der Waals surface area contributed by atoms with Crippen molar-refractivity contribution < 1.29 is 4.79 Å². The number of benzene rings is 2. The van der Waals surface area contributed by atoms with Gasteiger partial charge in [-0.05, 0) is 30.9 Å². The van der Waals surface area contributed by atoms with E-state index in [2.05, 4.69) is 48.6 Å². The lowest BCUT2D eigenvalue weighted by atomic mass is 9.97. The smallest absolute Gasteiger partial charge is 0.223 e. The monoisotopic (exact) mass is 265 g/mol. The molecule has 0 unspecified atom stereocenters. The van der Waals surface area contributed by atoms with Gasteiger partial charge in [-0.1, -0.05) is 60.2 Å². The van der Waals surface area contributed by atoms with E-state index in [1.807, 2.05) is 18.2 Å². The summed E-state index contributed by atoms with van der Waals surface area (Å²) < 4.78 is 0. The Balaban J connectivity index is 1.90. The van der Waals surface area contributed by atoms with E-state index in [-0.39, 0.29) is 17.9 Å². The second-order valence-electron chi connectivity index (χ2n) is 5.54. The van der Waals surface area contributed by atoms with Gasteiger partial charge >= 0.3 is 0 Å². The highest BCUT2D eigenvalue weighted by Gasteiger charge is 2.31. The van der Waals surface area contributed by atoms with E-state index in [1.165, 1.54) is 5.56 Å². The fourth-order valence-electron chi connectivity index (χ4n) is 2.37. The van der Waals surface area contributed by atoms with E-state index in [9.17, 15) is 4.79 Å². The maximum atomic E-state index is 12.1. The van der Waals surface area contributed by atoms with Gasteiger partial charge in [0.05, 0.1) is 6.04 Å². The van der Waals surface area contributed by atoms with Crippen molar-refractivity contribution in [2.75, 3.05) is 0 Å². The fraction of sp³-hybridized carbons (Fsp3) is 0.278. The Kier molecular flexibility index (Phi) is 3.55. The summed E-state index contributed by atoms with van der Waals surface area (Å²) in [5.41, 5.74) is 3.50. The quantitative estimate of drug-likeness (QED) is 0.899. The molecule has 1 N–H and O–H groups in total. The third kappa shape index (κ3) is 2.90. The largest absolute Gasteiger partial charge is 0.345 e. The van der Waals surface area contributed by atoms with E-state index in [0.29, 0.717) is 0 Å². The SMILES string of the molecule is Cc1ccc([C@H](NC(=O)C2CC2)c2ccccc2)cc1. The fourth-order valence-corrected chi connectivity index (χ4v) is 2.37. The normalized spacial score (nSPS) is 15.7. The van der Waals surface area contributed by atoms with Gasteiger partial charge in [0.1, 0.15) is 0 Å². The lowest BCUT2D eigenvalue weighted by molar-refractivity contribution is -0.122. The summed E-state index contributed by atoms with van der Waals surface area (Å²) >= 11 is 0. The predicted octanol–water partition coefficient (Wildman–Crippen LogP) is 3.61. The van der Waals surface area contributed by atoms with Crippen molar-refractivity contribution in [3.8, 4) is 0 Å². The Hall–Kier alpha value is -2.09. The molecule has 1 amide bonds. The molecular weight excluding hydrogens is 246 g/mol. The summed E-state index contributed by atoms with van der Waals surface area (Å²) in [6, 6.07) is 18.5. The molecule has 0 aliphatic heterocycles. The maximum absolute atomic E-state index is 12.1. The van der Waals surface area contributed by atoms with Gasteiger partial charge in [-0.3, -0.25) is 4.79 Å². The molecule has 0 radical (unpaired) electrons. The highest BCUT2D eigenvalue weighted by Crippen LogP contribution is 2.31. The lowest BCUT2D eigenvalue weighted by Crippen LogP contribution is -2.30. The van der Waals surface area contributed by atoms with Crippen LogP contribution in [0.25, 0.3) is 0 Å². The molecule has 0 saturated heterocycles. The first kappa shape index (κ1) is 12.9. The first-order valence-electron chi connectivity index (χ1n) is 7.16. The van der Waals surface area contributed by atoms with Gasteiger partial charge in [0.25, 0.3) is 0 Å².